The first-order valence-corrected chi connectivity index (χ1v) is 11.6. The average Bonchev–Trinajstić information content (AvgIpc) is 3.26. The molecule has 2 aliphatic heterocycles. The molecule has 2 amide bonds. The van der Waals surface area contributed by atoms with Crippen LogP contribution in [0.3, 0.4) is 0 Å². The third-order valence-electron chi connectivity index (χ3n) is 6.10. The number of likely N-dealkylation sites (tertiary alicyclic amines) is 1. The zero-order valence-electron chi connectivity index (χ0n) is 20.6. The number of methoxy groups -OCH3 is 1. The van der Waals surface area contributed by atoms with Crippen LogP contribution in [-0.2, 0) is 16.1 Å². The van der Waals surface area contributed by atoms with E-state index in [0.29, 0.717) is 19.4 Å². The van der Waals surface area contributed by atoms with Gasteiger partial charge in [-0.25, -0.2) is 26.7 Å². The second kappa shape index (κ2) is 10.6. The number of nitrogens with one attached hydrogen (secondary N) is 1. The molecule has 3 rings (SSSR count). The number of halogens is 5. The number of rotatable bonds is 6. The van der Waals surface area contributed by atoms with Gasteiger partial charge >= 0.3 is 6.09 Å². The Morgan fingerprint density at radius 3 is 2.58 bits per heavy atom. The summed E-state index contributed by atoms with van der Waals surface area (Å²) in [4.78, 5) is 31.6. The lowest BCUT2D eigenvalue weighted by atomic mass is 9.94. The van der Waals surface area contributed by atoms with Crippen molar-refractivity contribution in [3.8, 4) is 5.88 Å². The van der Waals surface area contributed by atoms with Crippen molar-refractivity contribution in [1.29, 1.82) is 0 Å². The van der Waals surface area contributed by atoms with Crippen molar-refractivity contribution in [2.75, 3.05) is 31.6 Å². The van der Waals surface area contributed by atoms with Gasteiger partial charge < -0.3 is 19.7 Å². The molecule has 0 aliphatic carbocycles. The first kappa shape index (κ1) is 27.7. The largest absolute Gasteiger partial charge is 0.481 e. The lowest BCUT2D eigenvalue weighted by molar-refractivity contribution is -0.126. The summed E-state index contributed by atoms with van der Waals surface area (Å²) in [6.45, 7) is 4.19. The number of carbonyl (C=O) groups is 2. The number of carbonyl (C=O) groups excluding carboxylic acids is 2. The molecule has 0 radical (unpaired) electrons. The van der Waals surface area contributed by atoms with E-state index in [4.69, 9.17) is 9.47 Å². The highest BCUT2D eigenvalue weighted by Gasteiger charge is 2.49. The summed E-state index contributed by atoms with van der Waals surface area (Å²) in [6.07, 6.45) is -3.71. The summed E-state index contributed by atoms with van der Waals surface area (Å²) in [6, 6.07) is 0.260. The number of piperidine rings is 1. The fourth-order valence-corrected chi connectivity index (χ4v) is 4.29. The van der Waals surface area contributed by atoms with E-state index in [-0.39, 0.29) is 30.4 Å². The van der Waals surface area contributed by atoms with Gasteiger partial charge in [0.25, 0.3) is 5.92 Å². The highest BCUT2D eigenvalue weighted by Crippen LogP contribution is 2.39. The van der Waals surface area contributed by atoms with Crippen molar-refractivity contribution in [2.45, 2.75) is 70.6 Å². The number of amides is 2. The molecule has 0 saturated carbocycles. The minimum absolute atomic E-state index is 0.0898. The Balaban J connectivity index is 1.71. The van der Waals surface area contributed by atoms with Gasteiger partial charge in [-0.1, -0.05) is 0 Å². The molecule has 2 aliphatic rings. The van der Waals surface area contributed by atoms with Gasteiger partial charge in [0.15, 0.2) is 11.6 Å². The Morgan fingerprint density at radius 1 is 1.28 bits per heavy atom. The fourth-order valence-electron chi connectivity index (χ4n) is 4.29. The standard InChI is InChI=1S/C23H31F5N4O4/c1-22(2,3)36-21(34)32-8-5-6-16(32)19(33)29-11-13-10-15(24)18(30-20(13)35-4)31-9-7-23(27,28)14(12-31)17(25)26/h10,14,16-17H,5-9,11-12H2,1-4H3,(H,29,33)/t14?,16-/m0/s1. The lowest BCUT2D eigenvalue weighted by Gasteiger charge is -2.38. The van der Waals surface area contributed by atoms with Gasteiger partial charge in [-0.2, -0.15) is 4.98 Å². The van der Waals surface area contributed by atoms with Crippen LogP contribution in [0.5, 0.6) is 5.88 Å². The summed E-state index contributed by atoms with van der Waals surface area (Å²) in [5.74, 6) is -7.68. The zero-order valence-corrected chi connectivity index (χ0v) is 20.6. The maximum absolute atomic E-state index is 14.9. The molecule has 2 saturated heterocycles. The van der Waals surface area contributed by atoms with E-state index < -0.39 is 60.7 Å². The van der Waals surface area contributed by atoms with Gasteiger partial charge in [0.05, 0.1) is 7.11 Å². The van der Waals surface area contributed by atoms with E-state index >= 15 is 0 Å². The third-order valence-corrected chi connectivity index (χ3v) is 6.10. The molecule has 1 unspecified atom stereocenters. The monoisotopic (exact) mass is 522 g/mol. The number of aromatic nitrogens is 1. The molecule has 1 aromatic rings. The summed E-state index contributed by atoms with van der Waals surface area (Å²) in [5, 5.41) is 2.64. The molecule has 202 valence electrons. The number of nitrogens with zero attached hydrogens (tertiary/aromatic N) is 3. The van der Waals surface area contributed by atoms with Crippen LogP contribution in [0.2, 0.25) is 0 Å². The Bertz CT molecular complexity index is 973. The molecule has 0 aromatic carbocycles. The maximum atomic E-state index is 14.9. The summed E-state index contributed by atoms with van der Waals surface area (Å²) in [7, 11) is 1.25. The van der Waals surface area contributed by atoms with Crippen LogP contribution in [0.4, 0.5) is 32.6 Å². The van der Waals surface area contributed by atoms with Gasteiger partial charge in [-0.15, -0.1) is 0 Å². The molecule has 3 heterocycles. The third kappa shape index (κ3) is 6.28. The first-order valence-electron chi connectivity index (χ1n) is 11.6. The molecular formula is C23H31F5N4O4. The first-order chi connectivity index (χ1) is 16.7. The molecular weight excluding hydrogens is 491 g/mol. The molecule has 0 bridgehead atoms. The molecule has 2 fully saturated rings. The van der Waals surface area contributed by atoms with Crippen LogP contribution in [0, 0.1) is 11.7 Å². The van der Waals surface area contributed by atoms with Gasteiger partial charge in [0.1, 0.15) is 17.6 Å². The molecule has 1 aromatic heterocycles. The average molecular weight is 523 g/mol. The molecule has 1 N–H and O–H groups in total. The van der Waals surface area contributed by atoms with Crippen LogP contribution in [0.1, 0.15) is 45.6 Å². The van der Waals surface area contributed by atoms with E-state index in [1.165, 1.54) is 12.0 Å². The van der Waals surface area contributed by atoms with Crippen molar-refractivity contribution in [3.05, 3.63) is 17.4 Å². The van der Waals surface area contributed by atoms with Crippen molar-refractivity contribution >= 4 is 17.8 Å². The number of ether oxygens (including phenoxy) is 2. The van der Waals surface area contributed by atoms with Gasteiger partial charge in [0, 0.05) is 38.2 Å². The number of alkyl halides is 4. The summed E-state index contributed by atoms with van der Waals surface area (Å²) < 4.78 is 79.5. The smallest absolute Gasteiger partial charge is 0.410 e. The fraction of sp³-hybridized carbons (Fsp3) is 0.696. The van der Waals surface area contributed by atoms with Gasteiger partial charge in [0.2, 0.25) is 18.2 Å². The van der Waals surface area contributed by atoms with E-state index in [2.05, 4.69) is 10.3 Å². The Labute approximate surface area is 206 Å². The van der Waals surface area contributed by atoms with E-state index in [9.17, 15) is 31.5 Å². The molecule has 36 heavy (non-hydrogen) atoms. The maximum Gasteiger partial charge on any atom is 0.410 e. The predicted molar refractivity (Wildman–Crippen MR) is 120 cm³/mol. The molecule has 13 heteroatoms. The second-order valence-electron chi connectivity index (χ2n) is 9.91. The minimum Gasteiger partial charge on any atom is -0.481 e. The number of anilines is 1. The van der Waals surface area contributed by atoms with E-state index in [1.54, 1.807) is 20.8 Å². The number of hydrogen-bond donors (Lipinski definition) is 1. The lowest BCUT2D eigenvalue weighted by Crippen LogP contribution is -2.50. The second-order valence-corrected chi connectivity index (χ2v) is 9.91. The Kier molecular flexibility index (Phi) is 8.19. The SMILES string of the molecule is COc1nc(N2CCC(F)(F)C(C(F)F)C2)c(F)cc1CNC(=O)[C@@H]1CCCN1C(=O)OC(C)(C)C. The molecule has 8 nitrogen and oxygen atoms in total. The quantitative estimate of drug-likeness (QED) is 0.570. The van der Waals surface area contributed by atoms with Gasteiger partial charge in [-0.05, 0) is 39.7 Å². The summed E-state index contributed by atoms with van der Waals surface area (Å²) in [5.41, 5.74) is -0.569. The van der Waals surface area contributed by atoms with Crippen molar-refractivity contribution in [1.82, 2.24) is 15.2 Å². The highest BCUT2D eigenvalue weighted by molar-refractivity contribution is 5.86. The van der Waals surface area contributed by atoms with Gasteiger partial charge in [-0.3, -0.25) is 9.69 Å². The molecule has 0 spiro atoms. The van der Waals surface area contributed by atoms with E-state index in [0.717, 1.165) is 11.0 Å². The van der Waals surface area contributed by atoms with Crippen molar-refractivity contribution in [2.24, 2.45) is 5.92 Å². The normalized spacial score (nSPS) is 22.1. The molecule has 2 atom stereocenters. The summed E-state index contributed by atoms with van der Waals surface area (Å²) >= 11 is 0. The Hall–Kier alpha value is -2.86. The van der Waals surface area contributed by atoms with Crippen molar-refractivity contribution in [3.63, 3.8) is 0 Å². The van der Waals surface area contributed by atoms with Crippen LogP contribution >= 0.6 is 0 Å². The number of hydrogen-bond acceptors (Lipinski definition) is 6. The predicted octanol–water partition coefficient (Wildman–Crippen LogP) is 3.97. The van der Waals surface area contributed by atoms with Crippen molar-refractivity contribution < 1.29 is 41.0 Å². The Morgan fingerprint density at radius 2 is 1.97 bits per heavy atom. The van der Waals surface area contributed by atoms with Crippen LogP contribution in [-0.4, -0.2) is 72.6 Å². The van der Waals surface area contributed by atoms with E-state index in [1.807, 2.05) is 0 Å². The number of pyridine rings is 1. The van der Waals surface area contributed by atoms with Crippen LogP contribution in [0.25, 0.3) is 0 Å². The minimum atomic E-state index is -3.57. The van der Waals surface area contributed by atoms with Crippen LogP contribution < -0.4 is 15.0 Å². The van der Waals surface area contributed by atoms with Crippen LogP contribution in [0.15, 0.2) is 6.07 Å². The zero-order chi connectivity index (χ0) is 26.8. The topological polar surface area (TPSA) is 84.0 Å². The highest BCUT2D eigenvalue weighted by atomic mass is 19.3.